The van der Waals surface area contributed by atoms with Crippen molar-refractivity contribution in [1.29, 1.82) is 0 Å². The third-order valence-corrected chi connectivity index (χ3v) is 2.66. The number of carbonyl (C=O) groups is 1. The Morgan fingerprint density at radius 3 is 2.65 bits per heavy atom. The van der Waals surface area contributed by atoms with Gasteiger partial charge in [0.15, 0.2) is 0 Å². The maximum atomic E-state index is 12.7. The molecule has 0 aliphatic carbocycles. The number of phenols is 1. The number of amides is 1. The number of hydrogen-bond donors (Lipinski definition) is 2. The topological polar surface area (TPSA) is 61.7 Å². The zero-order valence-electron chi connectivity index (χ0n) is 10.8. The summed E-state index contributed by atoms with van der Waals surface area (Å²) in [6, 6.07) is 10.2. The summed E-state index contributed by atoms with van der Waals surface area (Å²) in [5.74, 6) is -0.779. The molecule has 0 bridgehead atoms. The van der Waals surface area contributed by atoms with E-state index >= 15 is 0 Å². The maximum Gasteiger partial charge on any atom is 0.271 e. The van der Waals surface area contributed by atoms with Gasteiger partial charge in [0.2, 0.25) is 0 Å². The van der Waals surface area contributed by atoms with Gasteiger partial charge in [0, 0.05) is 11.1 Å². The van der Waals surface area contributed by atoms with Gasteiger partial charge in [-0.3, -0.25) is 4.79 Å². The zero-order valence-corrected chi connectivity index (χ0v) is 10.8. The Bertz CT molecular complexity index is 651. The van der Waals surface area contributed by atoms with Crippen LogP contribution >= 0.6 is 0 Å². The fourth-order valence-corrected chi connectivity index (χ4v) is 1.60. The summed E-state index contributed by atoms with van der Waals surface area (Å²) in [6.45, 7) is 1.88. The lowest BCUT2D eigenvalue weighted by molar-refractivity contribution is 0.0955. The number of aromatic hydroxyl groups is 1. The van der Waals surface area contributed by atoms with Crippen molar-refractivity contribution in [2.75, 3.05) is 0 Å². The average molecular weight is 272 g/mol. The highest BCUT2D eigenvalue weighted by molar-refractivity contribution is 5.95. The molecule has 2 aromatic rings. The van der Waals surface area contributed by atoms with Crippen LogP contribution in [0, 0.1) is 12.7 Å². The molecular weight excluding hydrogens is 259 g/mol. The largest absolute Gasteiger partial charge is 0.507 e. The van der Waals surface area contributed by atoms with Crippen LogP contribution in [0.1, 0.15) is 21.5 Å². The molecule has 0 fully saturated rings. The highest BCUT2D eigenvalue weighted by atomic mass is 19.1. The van der Waals surface area contributed by atoms with Crippen LogP contribution in [0.15, 0.2) is 47.6 Å². The fourth-order valence-electron chi connectivity index (χ4n) is 1.60. The Balaban J connectivity index is 2.04. The molecule has 0 aliphatic heterocycles. The van der Waals surface area contributed by atoms with Crippen molar-refractivity contribution in [1.82, 2.24) is 5.43 Å². The van der Waals surface area contributed by atoms with Gasteiger partial charge in [0.05, 0.1) is 6.21 Å². The second kappa shape index (κ2) is 5.97. The highest BCUT2D eigenvalue weighted by Crippen LogP contribution is 2.15. The molecule has 0 saturated heterocycles. The third kappa shape index (κ3) is 3.41. The Hall–Kier alpha value is -2.69. The van der Waals surface area contributed by atoms with Crippen LogP contribution < -0.4 is 5.43 Å². The van der Waals surface area contributed by atoms with Crippen LogP contribution in [-0.4, -0.2) is 17.2 Å². The summed E-state index contributed by atoms with van der Waals surface area (Å²) in [5.41, 5.74) is 4.08. The predicted octanol–water partition coefficient (Wildman–Crippen LogP) is 2.60. The van der Waals surface area contributed by atoms with Crippen molar-refractivity contribution < 1.29 is 14.3 Å². The molecule has 0 saturated carbocycles. The first-order chi connectivity index (χ1) is 9.56. The molecule has 2 aromatic carbocycles. The summed E-state index contributed by atoms with van der Waals surface area (Å²) in [6.07, 6.45) is 1.35. The van der Waals surface area contributed by atoms with Crippen LogP contribution in [0.4, 0.5) is 4.39 Å². The minimum atomic E-state index is -0.451. The predicted molar refractivity (Wildman–Crippen MR) is 74.3 cm³/mol. The van der Waals surface area contributed by atoms with Crippen LogP contribution in [0.3, 0.4) is 0 Å². The van der Waals surface area contributed by atoms with E-state index in [4.69, 9.17) is 0 Å². The Kier molecular flexibility index (Phi) is 4.10. The van der Waals surface area contributed by atoms with Crippen LogP contribution in [0.2, 0.25) is 0 Å². The van der Waals surface area contributed by atoms with E-state index < -0.39 is 11.7 Å². The van der Waals surface area contributed by atoms with E-state index in [0.717, 1.165) is 5.56 Å². The summed E-state index contributed by atoms with van der Waals surface area (Å²) in [7, 11) is 0. The second-order valence-corrected chi connectivity index (χ2v) is 4.27. The molecule has 2 N–H and O–H groups in total. The van der Waals surface area contributed by atoms with Gasteiger partial charge < -0.3 is 5.11 Å². The van der Waals surface area contributed by atoms with E-state index in [1.165, 1.54) is 30.5 Å². The van der Waals surface area contributed by atoms with Gasteiger partial charge in [-0.05, 0) is 43.3 Å². The highest BCUT2D eigenvalue weighted by Gasteiger charge is 2.04. The summed E-state index contributed by atoms with van der Waals surface area (Å²) >= 11 is 0. The van der Waals surface area contributed by atoms with E-state index in [9.17, 15) is 14.3 Å². The monoisotopic (exact) mass is 272 g/mol. The molecule has 4 nitrogen and oxygen atoms in total. The molecule has 0 unspecified atom stereocenters. The van der Waals surface area contributed by atoms with Gasteiger partial charge in [-0.15, -0.1) is 0 Å². The Labute approximate surface area is 115 Å². The normalized spacial score (nSPS) is 10.7. The third-order valence-electron chi connectivity index (χ3n) is 2.66. The first kappa shape index (κ1) is 13.7. The van der Waals surface area contributed by atoms with Gasteiger partial charge >= 0.3 is 0 Å². The molecule has 1 amide bonds. The van der Waals surface area contributed by atoms with Gasteiger partial charge in [-0.25, -0.2) is 9.82 Å². The zero-order chi connectivity index (χ0) is 14.5. The van der Waals surface area contributed by atoms with Crippen molar-refractivity contribution in [2.24, 2.45) is 5.10 Å². The van der Waals surface area contributed by atoms with Crippen molar-refractivity contribution in [3.05, 3.63) is 65.0 Å². The molecule has 102 valence electrons. The number of rotatable bonds is 3. The number of hydrogen-bond acceptors (Lipinski definition) is 3. The number of benzene rings is 2. The lowest BCUT2D eigenvalue weighted by atomic mass is 10.1. The minimum Gasteiger partial charge on any atom is -0.507 e. The molecule has 0 aromatic heterocycles. The van der Waals surface area contributed by atoms with E-state index in [0.29, 0.717) is 11.1 Å². The van der Waals surface area contributed by atoms with E-state index in [-0.39, 0.29) is 5.75 Å². The van der Waals surface area contributed by atoms with Crippen LogP contribution in [0.5, 0.6) is 5.75 Å². The smallest absolute Gasteiger partial charge is 0.271 e. The lowest BCUT2D eigenvalue weighted by Crippen LogP contribution is -2.17. The molecular formula is C15H13FN2O2. The molecule has 0 atom stereocenters. The van der Waals surface area contributed by atoms with Gasteiger partial charge in [-0.1, -0.05) is 11.6 Å². The van der Waals surface area contributed by atoms with Gasteiger partial charge in [0.25, 0.3) is 5.91 Å². The first-order valence-corrected chi connectivity index (χ1v) is 5.95. The number of nitrogens with zero attached hydrogens (tertiary/aromatic N) is 1. The maximum absolute atomic E-state index is 12.7. The quantitative estimate of drug-likeness (QED) is 0.666. The number of carbonyl (C=O) groups excluding carboxylic acids is 1. The number of nitrogens with one attached hydrogen (secondary N) is 1. The van der Waals surface area contributed by atoms with Crippen molar-refractivity contribution in [3.63, 3.8) is 0 Å². The SMILES string of the molecule is Cc1ccc(O)c(/C=N/NC(=O)c2ccc(F)cc2)c1. The summed E-state index contributed by atoms with van der Waals surface area (Å²) < 4.78 is 12.7. The van der Waals surface area contributed by atoms with E-state index in [2.05, 4.69) is 10.5 Å². The molecule has 0 aliphatic rings. The molecule has 2 rings (SSSR count). The number of hydrazone groups is 1. The van der Waals surface area contributed by atoms with Crippen molar-refractivity contribution in [3.8, 4) is 5.75 Å². The van der Waals surface area contributed by atoms with Crippen LogP contribution in [0.25, 0.3) is 0 Å². The lowest BCUT2D eigenvalue weighted by Gasteiger charge is -2.01. The Morgan fingerprint density at radius 2 is 1.95 bits per heavy atom. The molecule has 5 heteroatoms. The standard InChI is InChI=1S/C15H13FN2O2/c1-10-2-7-14(19)12(8-10)9-17-18-15(20)11-3-5-13(16)6-4-11/h2-9,19H,1H3,(H,18,20)/b17-9+. The first-order valence-electron chi connectivity index (χ1n) is 5.95. The second-order valence-electron chi connectivity index (χ2n) is 4.27. The van der Waals surface area contributed by atoms with Crippen molar-refractivity contribution >= 4 is 12.1 Å². The summed E-state index contributed by atoms with van der Waals surface area (Å²) in [5, 5.41) is 13.4. The van der Waals surface area contributed by atoms with E-state index in [1.807, 2.05) is 6.92 Å². The number of phenolic OH excluding ortho intramolecular Hbond substituents is 1. The number of aryl methyl sites for hydroxylation is 1. The molecule has 20 heavy (non-hydrogen) atoms. The minimum absolute atomic E-state index is 0.0791. The summed E-state index contributed by atoms with van der Waals surface area (Å²) in [4.78, 5) is 11.7. The average Bonchev–Trinajstić information content (AvgIpc) is 2.43. The van der Waals surface area contributed by atoms with Gasteiger partial charge in [-0.2, -0.15) is 5.10 Å². The van der Waals surface area contributed by atoms with E-state index in [1.54, 1.807) is 18.2 Å². The number of halogens is 1. The fraction of sp³-hybridized carbons (Fsp3) is 0.0667. The molecule has 0 radical (unpaired) electrons. The van der Waals surface area contributed by atoms with Crippen molar-refractivity contribution in [2.45, 2.75) is 6.92 Å². The van der Waals surface area contributed by atoms with Gasteiger partial charge in [0.1, 0.15) is 11.6 Å². The Morgan fingerprint density at radius 1 is 1.25 bits per heavy atom. The molecule has 0 spiro atoms. The molecule has 0 heterocycles. The van der Waals surface area contributed by atoms with Crippen LogP contribution in [-0.2, 0) is 0 Å².